The van der Waals surface area contributed by atoms with Gasteiger partial charge in [0.1, 0.15) is 0 Å². The van der Waals surface area contributed by atoms with E-state index < -0.39 is 18.2 Å². The van der Waals surface area contributed by atoms with Crippen LogP contribution in [0.4, 0.5) is 13.2 Å². The van der Waals surface area contributed by atoms with Crippen molar-refractivity contribution < 1.29 is 23.1 Å². The highest BCUT2D eigenvalue weighted by Crippen LogP contribution is 2.39. The molecule has 1 amide bonds. The number of halogens is 3. The van der Waals surface area contributed by atoms with Gasteiger partial charge in [-0.2, -0.15) is 13.2 Å². The largest absolute Gasteiger partial charge is 0.391 e. The van der Waals surface area contributed by atoms with Gasteiger partial charge in [0, 0.05) is 12.6 Å². The topological polar surface area (TPSA) is 40.5 Å². The fraction of sp³-hybridized carbons (Fsp3) is 0.909. The minimum Gasteiger partial charge on any atom is -0.391 e. The van der Waals surface area contributed by atoms with E-state index >= 15 is 0 Å². The van der Waals surface area contributed by atoms with Gasteiger partial charge < -0.3 is 10.0 Å². The van der Waals surface area contributed by atoms with E-state index in [4.69, 9.17) is 0 Å². The molecular formula is C11H16F3NO2. The Hall–Kier alpha value is -0.780. The summed E-state index contributed by atoms with van der Waals surface area (Å²) in [7, 11) is 0. The molecule has 1 N–H and O–H groups in total. The number of likely N-dealkylation sites (tertiary alicyclic amines) is 1. The zero-order chi connectivity index (χ0) is 12.6. The molecule has 1 aliphatic carbocycles. The fourth-order valence-electron chi connectivity index (χ4n) is 2.78. The number of carbonyl (C=O) groups excluding carboxylic acids is 1. The smallest absolute Gasteiger partial charge is 0.391 e. The van der Waals surface area contributed by atoms with Gasteiger partial charge in [-0.05, 0) is 25.7 Å². The van der Waals surface area contributed by atoms with Crippen molar-refractivity contribution in [3.8, 4) is 0 Å². The number of rotatable bonds is 1. The number of hydrogen-bond acceptors (Lipinski definition) is 2. The molecule has 1 atom stereocenters. The molecule has 17 heavy (non-hydrogen) atoms. The lowest BCUT2D eigenvalue weighted by Crippen LogP contribution is -2.41. The molecule has 2 rings (SSSR count). The second-order valence-corrected chi connectivity index (χ2v) is 4.95. The summed E-state index contributed by atoms with van der Waals surface area (Å²) in [5.41, 5.74) is 0. The van der Waals surface area contributed by atoms with Gasteiger partial charge >= 0.3 is 6.18 Å². The summed E-state index contributed by atoms with van der Waals surface area (Å²) in [6, 6.07) is -0.113. The van der Waals surface area contributed by atoms with E-state index in [1.54, 1.807) is 4.90 Å². The lowest BCUT2D eigenvalue weighted by atomic mass is 9.85. The molecule has 0 aromatic rings. The molecule has 0 bridgehead atoms. The minimum atomic E-state index is -4.11. The molecule has 0 aromatic heterocycles. The quantitative estimate of drug-likeness (QED) is 0.770. The first-order valence-corrected chi connectivity index (χ1v) is 5.92. The summed E-state index contributed by atoms with van der Waals surface area (Å²) in [4.78, 5) is 13.1. The average Bonchev–Trinajstić information content (AvgIpc) is 2.57. The van der Waals surface area contributed by atoms with E-state index in [9.17, 15) is 23.1 Å². The van der Waals surface area contributed by atoms with Crippen molar-refractivity contribution in [1.29, 1.82) is 0 Å². The number of carbonyl (C=O) groups is 1. The van der Waals surface area contributed by atoms with E-state index in [2.05, 4.69) is 0 Å². The minimum absolute atomic E-state index is 0.0913. The second-order valence-electron chi connectivity index (χ2n) is 4.95. The van der Waals surface area contributed by atoms with Crippen LogP contribution in [0.3, 0.4) is 0 Å². The standard InChI is InChI=1S/C11H16F3NO2/c12-11(13,14)7-1-3-8(4-2-7)15-6-9(16)5-10(15)17/h7-9,16H,1-6H2. The Balaban J connectivity index is 1.89. The van der Waals surface area contributed by atoms with Crippen molar-refractivity contribution in [2.24, 2.45) is 5.92 Å². The molecule has 98 valence electrons. The maximum atomic E-state index is 12.5. The van der Waals surface area contributed by atoms with E-state index in [0.717, 1.165) is 0 Å². The van der Waals surface area contributed by atoms with Crippen LogP contribution in [0.25, 0.3) is 0 Å². The number of β-amino-alcohol motifs (C(OH)–C–C–N with tert-alkyl or cyclic N) is 1. The summed E-state index contributed by atoms with van der Waals surface area (Å²) in [6.07, 6.45) is -3.69. The average molecular weight is 251 g/mol. The number of amides is 1. The van der Waals surface area contributed by atoms with E-state index in [-0.39, 0.29) is 37.8 Å². The van der Waals surface area contributed by atoms with Crippen molar-refractivity contribution in [2.75, 3.05) is 6.54 Å². The van der Waals surface area contributed by atoms with E-state index in [1.165, 1.54) is 0 Å². The molecule has 2 aliphatic rings. The van der Waals surface area contributed by atoms with E-state index in [0.29, 0.717) is 12.8 Å². The summed E-state index contributed by atoms with van der Waals surface area (Å²) < 4.78 is 37.4. The van der Waals surface area contributed by atoms with Crippen molar-refractivity contribution in [3.05, 3.63) is 0 Å². The van der Waals surface area contributed by atoms with Crippen molar-refractivity contribution >= 4 is 5.91 Å². The Morgan fingerprint density at radius 2 is 1.76 bits per heavy atom. The van der Waals surface area contributed by atoms with Gasteiger partial charge in [0.15, 0.2) is 0 Å². The Labute approximate surface area is 97.6 Å². The maximum Gasteiger partial charge on any atom is 0.391 e. The number of aliphatic hydroxyl groups excluding tert-OH is 1. The molecule has 0 radical (unpaired) electrons. The van der Waals surface area contributed by atoms with Crippen LogP contribution >= 0.6 is 0 Å². The Morgan fingerprint density at radius 3 is 2.18 bits per heavy atom. The predicted molar refractivity (Wildman–Crippen MR) is 54.1 cm³/mol. The number of hydrogen-bond donors (Lipinski definition) is 1. The zero-order valence-corrected chi connectivity index (χ0v) is 9.41. The van der Waals surface area contributed by atoms with Crippen molar-refractivity contribution in [2.45, 2.75) is 50.4 Å². The zero-order valence-electron chi connectivity index (χ0n) is 9.41. The summed E-state index contributed by atoms with van der Waals surface area (Å²) >= 11 is 0. The number of aliphatic hydroxyl groups is 1. The Bertz CT molecular complexity index is 298. The first-order chi connectivity index (χ1) is 7.88. The molecular weight excluding hydrogens is 235 g/mol. The van der Waals surface area contributed by atoms with Gasteiger partial charge in [-0.25, -0.2) is 0 Å². The fourth-order valence-corrected chi connectivity index (χ4v) is 2.78. The van der Waals surface area contributed by atoms with Crippen molar-refractivity contribution in [3.63, 3.8) is 0 Å². The van der Waals surface area contributed by atoms with Crippen LogP contribution in [-0.2, 0) is 4.79 Å². The molecule has 6 heteroatoms. The SMILES string of the molecule is O=C1CC(O)CN1C1CCC(C(F)(F)F)CC1. The van der Waals surface area contributed by atoms with Crippen LogP contribution in [0, 0.1) is 5.92 Å². The molecule has 1 heterocycles. The van der Waals surface area contributed by atoms with Crippen LogP contribution in [-0.4, -0.2) is 40.8 Å². The molecule has 3 nitrogen and oxygen atoms in total. The first-order valence-electron chi connectivity index (χ1n) is 5.92. The monoisotopic (exact) mass is 251 g/mol. The summed E-state index contributed by atoms with van der Waals surface area (Å²) in [5.74, 6) is -1.35. The molecule has 1 aliphatic heterocycles. The Morgan fingerprint density at radius 1 is 1.18 bits per heavy atom. The number of nitrogens with zero attached hydrogens (tertiary/aromatic N) is 1. The molecule has 0 spiro atoms. The third-order valence-corrected chi connectivity index (χ3v) is 3.74. The third-order valence-electron chi connectivity index (χ3n) is 3.74. The Kier molecular flexibility index (Phi) is 3.34. The van der Waals surface area contributed by atoms with Gasteiger partial charge in [-0.15, -0.1) is 0 Å². The van der Waals surface area contributed by atoms with Crippen LogP contribution in [0.2, 0.25) is 0 Å². The maximum absolute atomic E-state index is 12.5. The highest BCUT2D eigenvalue weighted by molar-refractivity contribution is 5.79. The molecule has 1 saturated carbocycles. The highest BCUT2D eigenvalue weighted by Gasteiger charge is 2.43. The van der Waals surface area contributed by atoms with Crippen molar-refractivity contribution in [1.82, 2.24) is 4.90 Å². The third kappa shape index (κ3) is 2.73. The van der Waals surface area contributed by atoms with Crippen LogP contribution < -0.4 is 0 Å². The van der Waals surface area contributed by atoms with Crippen LogP contribution in [0.15, 0.2) is 0 Å². The first kappa shape index (κ1) is 12.7. The van der Waals surface area contributed by atoms with Gasteiger partial charge in [0.25, 0.3) is 0 Å². The summed E-state index contributed by atoms with van der Waals surface area (Å²) in [5, 5.41) is 9.34. The number of alkyl halides is 3. The van der Waals surface area contributed by atoms with Gasteiger partial charge in [0.05, 0.1) is 18.4 Å². The second kappa shape index (κ2) is 4.48. The normalized spacial score (nSPS) is 35.4. The van der Waals surface area contributed by atoms with E-state index in [1.807, 2.05) is 0 Å². The lowest BCUT2D eigenvalue weighted by Gasteiger charge is -2.35. The van der Waals surface area contributed by atoms with Gasteiger partial charge in [-0.3, -0.25) is 4.79 Å². The van der Waals surface area contributed by atoms with Gasteiger partial charge in [-0.1, -0.05) is 0 Å². The molecule has 1 unspecified atom stereocenters. The lowest BCUT2D eigenvalue weighted by molar-refractivity contribution is -0.184. The predicted octanol–water partition coefficient (Wildman–Crippen LogP) is 1.70. The highest BCUT2D eigenvalue weighted by atomic mass is 19.4. The van der Waals surface area contributed by atoms with Gasteiger partial charge in [0.2, 0.25) is 5.91 Å². The van der Waals surface area contributed by atoms with Crippen LogP contribution in [0.5, 0.6) is 0 Å². The molecule has 2 fully saturated rings. The van der Waals surface area contributed by atoms with Crippen LogP contribution in [0.1, 0.15) is 32.1 Å². The summed E-state index contributed by atoms with van der Waals surface area (Å²) in [6.45, 7) is 0.278. The molecule has 0 aromatic carbocycles. The molecule has 1 saturated heterocycles.